The molecule has 0 aliphatic heterocycles. The highest BCUT2D eigenvalue weighted by atomic mass is 19.1. The van der Waals surface area contributed by atoms with Gasteiger partial charge in [-0.25, -0.2) is 4.39 Å². The van der Waals surface area contributed by atoms with E-state index in [9.17, 15) is 14.5 Å². The van der Waals surface area contributed by atoms with Gasteiger partial charge in [-0.2, -0.15) is 0 Å². The average molecular weight is 250 g/mol. The average Bonchev–Trinajstić information content (AvgIpc) is 2.76. The minimum absolute atomic E-state index is 0.289. The van der Waals surface area contributed by atoms with Gasteiger partial charge in [0.15, 0.2) is 0 Å². The van der Waals surface area contributed by atoms with Crippen LogP contribution in [-0.2, 0) is 6.54 Å². The third kappa shape index (κ3) is 2.65. The predicted octanol–water partition coefficient (Wildman–Crippen LogP) is 3.25. The van der Waals surface area contributed by atoms with Crippen molar-refractivity contribution in [2.45, 2.75) is 13.5 Å². The van der Waals surface area contributed by atoms with Crippen molar-refractivity contribution >= 4 is 11.6 Å². The van der Waals surface area contributed by atoms with Gasteiger partial charge in [-0.05, 0) is 36.8 Å². The molecule has 0 unspecified atom stereocenters. The van der Waals surface area contributed by atoms with E-state index in [1.807, 2.05) is 0 Å². The van der Waals surface area contributed by atoms with Crippen LogP contribution in [0.25, 0.3) is 0 Å². The molecule has 0 fully saturated rings. The third-order valence-corrected chi connectivity index (χ3v) is 2.47. The summed E-state index contributed by atoms with van der Waals surface area (Å²) in [5.74, 6) is -0.139. The number of benzene rings is 1. The minimum atomic E-state index is -0.591. The summed E-state index contributed by atoms with van der Waals surface area (Å²) in [4.78, 5) is 9.84. The van der Waals surface area contributed by atoms with Gasteiger partial charge in [0.1, 0.15) is 16.5 Å². The van der Waals surface area contributed by atoms with Crippen LogP contribution in [0.4, 0.5) is 16.0 Å². The van der Waals surface area contributed by atoms with Crippen molar-refractivity contribution in [1.82, 2.24) is 0 Å². The van der Waals surface area contributed by atoms with E-state index < -0.39 is 4.92 Å². The number of furan rings is 1. The second-order valence-electron chi connectivity index (χ2n) is 3.81. The number of aryl methyl sites for hydroxylation is 1. The molecule has 94 valence electrons. The smallest absolute Gasteiger partial charge is 0.404 e. The maximum absolute atomic E-state index is 12.9. The van der Waals surface area contributed by atoms with E-state index in [1.54, 1.807) is 13.0 Å². The Hall–Kier alpha value is -2.37. The molecule has 0 radical (unpaired) electrons. The van der Waals surface area contributed by atoms with Crippen LogP contribution in [0.5, 0.6) is 0 Å². The number of hydrogen-bond acceptors (Lipinski definition) is 4. The third-order valence-electron chi connectivity index (χ3n) is 2.47. The van der Waals surface area contributed by atoms with Gasteiger partial charge in [-0.1, -0.05) is 0 Å². The van der Waals surface area contributed by atoms with Crippen molar-refractivity contribution in [2.75, 3.05) is 5.32 Å². The van der Waals surface area contributed by atoms with Gasteiger partial charge < -0.3 is 9.73 Å². The van der Waals surface area contributed by atoms with Crippen molar-refractivity contribution in [3.8, 4) is 0 Å². The molecule has 6 heteroatoms. The highest BCUT2D eigenvalue weighted by molar-refractivity contribution is 5.50. The summed E-state index contributed by atoms with van der Waals surface area (Å²) in [6.07, 6.45) is 0. The molecule has 1 aromatic carbocycles. The normalized spacial score (nSPS) is 10.3. The zero-order valence-corrected chi connectivity index (χ0v) is 9.64. The zero-order valence-electron chi connectivity index (χ0n) is 9.64. The van der Waals surface area contributed by atoms with Gasteiger partial charge in [0.2, 0.25) is 0 Å². The molecule has 0 saturated carbocycles. The second-order valence-corrected chi connectivity index (χ2v) is 3.81. The fraction of sp³-hybridized carbons (Fsp3) is 0.167. The molecule has 0 saturated heterocycles. The fourth-order valence-corrected chi connectivity index (χ4v) is 1.57. The maximum Gasteiger partial charge on any atom is 0.433 e. The summed E-state index contributed by atoms with van der Waals surface area (Å²) in [7, 11) is 0. The van der Waals surface area contributed by atoms with Crippen molar-refractivity contribution in [3.05, 3.63) is 57.6 Å². The number of halogens is 1. The van der Waals surface area contributed by atoms with Crippen LogP contribution in [0, 0.1) is 22.9 Å². The fourth-order valence-electron chi connectivity index (χ4n) is 1.57. The van der Waals surface area contributed by atoms with E-state index in [2.05, 4.69) is 5.32 Å². The molecule has 0 spiro atoms. The number of nitrogens with one attached hydrogen (secondary N) is 1. The van der Waals surface area contributed by atoms with Crippen molar-refractivity contribution in [2.24, 2.45) is 0 Å². The molecule has 0 aliphatic rings. The molecule has 5 nitrogen and oxygen atoms in total. The van der Waals surface area contributed by atoms with Crippen molar-refractivity contribution in [1.29, 1.82) is 0 Å². The molecule has 0 aliphatic carbocycles. The summed E-state index contributed by atoms with van der Waals surface area (Å²) in [6, 6.07) is 7.20. The molecular formula is C12H11FN2O3. The molecule has 1 N–H and O–H groups in total. The SMILES string of the molecule is Cc1cc(F)ccc1NCc1ccc([N+](=O)[O-])o1. The molecule has 1 aromatic heterocycles. The van der Waals surface area contributed by atoms with Crippen molar-refractivity contribution < 1.29 is 13.7 Å². The summed E-state index contributed by atoms with van der Waals surface area (Å²) in [5, 5.41) is 13.5. The van der Waals surface area contributed by atoms with Gasteiger partial charge >= 0.3 is 5.88 Å². The van der Waals surface area contributed by atoms with E-state index >= 15 is 0 Å². The number of rotatable bonds is 4. The Bertz CT molecular complexity index is 580. The lowest BCUT2D eigenvalue weighted by atomic mass is 10.2. The Morgan fingerprint density at radius 3 is 2.78 bits per heavy atom. The lowest BCUT2D eigenvalue weighted by molar-refractivity contribution is -0.402. The van der Waals surface area contributed by atoms with E-state index in [0.717, 1.165) is 11.3 Å². The maximum atomic E-state index is 12.9. The van der Waals surface area contributed by atoms with E-state index in [1.165, 1.54) is 24.3 Å². The van der Waals surface area contributed by atoms with Gasteiger partial charge in [0, 0.05) is 5.69 Å². The molecule has 2 rings (SSSR count). The molecule has 1 heterocycles. The van der Waals surface area contributed by atoms with E-state index in [4.69, 9.17) is 4.42 Å². The lowest BCUT2D eigenvalue weighted by Crippen LogP contribution is -2.00. The molecule has 0 amide bonds. The van der Waals surface area contributed by atoms with Crippen LogP contribution < -0.4 is 5.32 Å². The Morgan fingerprint density at radius 1 is 1.39 bits per heavy atom. The highest BCUT2D eigenvalue weighted by Gasteiger charge is 2.11. The van der Waals surface area contributed by atoms with Crippen LogP contribution in [0.15, 0.2) is 34.7 Å². The van der Waals surface area contributed by atoms with Crippen LogP contribution in [-0.4, -0.2) is 4.92 Å². The molecule has 0 bridgehead atoms. The summed E-state index contributed by atoms with van der Waals surface area (Å²) in [5.41, 5.74) is 1.52. The van der Waals surface area contributed by atoms with Crippen LogP contribution in [0.2, 0.25) is 0 Å². The quantitative estimate of drug-likeness (QED) is 0.668. The van der Waals surface area contributed by atoms with Gasteiger partial charge in [-0.15, -0.1) is 0 Å². The monoisotopic (exact) mass is 250 g/mol. The first-order chi connectivity index (χ1) is 8.56. The number of nitro groups is 1. The number of anilines is 1. The number of hydrogen-bond donors (Lipinski definition) is 1. The topological polar surface area (TPSA) is 68.3 Å². The van der Waals surface area contributed by atoms with Crippen LogP contribution in [0.1, 0.15) is 11.3 Å². The Balaban J connectivity index is 2.04. The predicted molar refractivity (Wildman–Crippen MR) is 63.8 cm³/mol. The molecular weight excluding hydrogens is 239 g/mol. The Labute approximate surface area is 102 Å². The van der Waals surface area contributed by atoms with Gasteiger partial charge in [-0.3, -0.25) is 10.1 Å². The number of nitrogens with zero attached hydrogens (tertiary/aromatic N) is 1. The first-order valence-corrected chi connectivity index (χ1v) is 5.29. The Kier molecular flexibility index (Phi) is 3.27. The standard InChI is InChI=1S/C12H11FN2O3/c1-8-6-9(13)2-4-11(8)14-7-10-3-5-12(18-10)15(16)17/h2-6,14H,7H2,1H3. The highest BCUT2D eigenvalue weighted by Crippen LogP contribution is 2.19. The van der Waals surface area contributed by atoms with Crippen LogP contribution in [0.3, 0.4) is 0 Å². The summed E-state index contributed by atoms with van der Waals surface area (Å²) < 4.78 is 17.9. The zero-order chi connectivity index (χ0) is 13.1. The first-order valence-electron chi connectivity index (χ1n) is 5.29. The lowest BCUT2D eigenvalue weighted by Gasteiger charge is -2.07. The van der Waals surface area contributed by atoms with E-state index in [0.29, 0.717) is 12.3 Å². The first kappa shape index (κ1) is 12.1. The Morgan fingerprint density at radius 2 is 2.17 bits per heavy atom. The largest absolute Gasteiger partial charge is 0.433 e. The van der Waals surface area contributed by atoms with Gasteiger partial charge in [0.05, 0.1) is 12.6 Å². The van der Waals surface area contributed by atoms with E-state index in [-0.39, 0.29) is 11.7 Å². The van der Waals surface area contributed by atoms with Crippen LogP contribution >= 0.6 is 0 Å². The molecule has 18 heavy (non-hydrogen) atoms. The van der Waals surface area contributed by atoms with Crippen molar-refractivity contribution in [3.63, 3.8) is 0 Å². The minimum Gasteiger partial charge on any atom is -0.404 e. The summed E-state index contributed by atoms with van der Waals surface area (Å²) >= 11 is 0. The molecule has 2 aromatic rings. The second kappa shape index (κ2) is 4.87. The summed E-state index contributed by atoms with van der Waals surface area (Å²) in [6.45, 7) is 2.08. The van der Waals surface area contributed by atoms with Gasteiger partial charge in [0.25, 0.3) is 0 Å². The molecule has 0 atom stereocenters.